The van der Waals surface area contributed by atoms with Gasteiger partial charge in [0.1, 0.15) is 0 Å². The van der Waals surface area contributed by atoms with Gasteiger partial charge in [-0.15, -0.1) is 0 Å². The van der Waals surface area contributed by atoms with E-state index >= 15 is 0 Å². The second-order valence-electron chi connectivity index (χ2n) is 3.63. The number of hydrogen-bond acceptors (Lipinski definition) is 3. The van der Waals surface area contributed by atoms with Crippen LogP contribution >= 0.6 is 0 Å². The Bertz CT molecular complexity index is 328. The number of carbonyl (C=O) groups is 1. The van der Waals surface area contributed by atoms with Crippen LogP contribution in [0.25, 0.3) is 0 Å². The van der Waals surface area contributed by atoms with Gasteiger partial charge in [-0.05, 0) is 0 Å². The van der Waals surface area contributed by atoms with Gasteiger partial charge in [-0.2, -0.15) is 0 Å². The summed E-state index contributed by atoms with van der Waals surface area (Å²) in [7, 11) is 0. The lowest BCUT2D eigenvalue weighted by Crippen LogP contribution is -2.26. The Hall–Kier alpha value is -1.19. The molecule has 0 N–H and O–H groups in total. The number of hydrogen-bond donors (Lipinski definition) is 0. The Labute approximate surface area is 89.0 Å². The lowest BCUT2D eigenvalue weighted by molar-refractivity contribution is -0.0683. The van der Waals surface area contributed by atoms with Crippen molar-refractivity contribution < 1.29 is 14.3 Å². The van der Waals surface area contributed by atoms with E-state index in [4.69, 9.17) is 9.47 Å². The largest absolute Gasteiger partial charge is 0.349 e. The van der Waals surface area contributed by atoms with Crippen LogP contribution in [0.1, 0.15) is 17.3 Å². The standard InChI is InChI=1S/C12H14O3/c1-9(12-14-7-8-15-12)11(13)10-5-3-2-4-6-10/h2-6,9,12H,7-8H2,1H3/t9-/m0/s1. The summed E-state index contributed by atoms with van der Waals surface area (Å²) >= 11 is 0. The maximum atomic E-state index is 12.0. The van der Waals surface area contributed by atoms with Crippen molar-refractivity contribution in [3.05, 3.63) is 35.9 Å². The van der Waals surface area contributed by atoms with Crippen LogP contribution in [-0.4, -0.2) is 25.3 Å². The number of Topliss-reactive ketones (excluding diaryl/α,β-unsaturated/α-hetero) is 1. The van der Waals surface area contributed by atoms with Gasteiger partial charge >= 0.3 is 0 Å². The van der Waals surface area contributed by atoms with Gasteiger partial charge in [-0.1, -0.05) is 37.3 Å². The number of rotatable bonds is 3. The Kier molecular flexibility index (Phi) is 3.14. The molecule has 1 aromatic carbocycles. The number of carbonyl (C=O) groups excluding carboxylic acids is 1. The first-order valence-electron chi connectivity index (χ1n) is 5.11. The Balaban J connectivity index is 2.07. The number of ketones is 1. The van der Waals surface area contributed by atoms with Gasteiger partial charge < -0.3 is 9.47 Å². The highest BCUT2D eigenvalue weighted by molar-refractivity contribution is 5.97. The monoisotopic (exact) mass is 206 g/mol. The molecule has 0 amide bonds. The lowest BCUT2D eigenvalue weighted by atomic mass is 9.99. The quantitative estimate of drug-likeness (QED) is 0.708. The van der Waals surface area contributed by atoms with E-state index in [9.17, 15) is 4.79 Å². The van der Waals surface area contributed by atoms with Crippen LogP contribution in [0.2, 0.25) is 0 Å². The summed E-state index contributed by atoms with van der Waals surface area (Å²) in [4.78, 5) is 12.0. The van der Waals surface area contributed by atoms with Gasteiger partial charge in [0.05, 0.1) is 19.1 Å². The Morgan fingerprint density at radius 2 is 1.87 bits per heavy atom. The summed E-state index contributed by atoms with van der Waals surface area (Å²) in [5.41, 5.74) is 0.712. The van der Waals surface area contributed by atoms with E-state index in [0.717, 1.165) is 0 Å². The maximum Gasteiger partial charge on any atom is 0.170 e. The van der Waals surface area contributed by atoms with E-state index in [2.05, 4.69) is 0 Å². The van der Waals surface area contributed by atoms with E-state index in [1.807, 2.05) is 37.3 Å². The molecule has 0 aliphatic carbocycles. The van der Waals surface area contributed by atoms with Gasteiger partial charge in [0.25, 0.3) is 0 Å². The molecule has 0 radical (unpaired) electrons. The first-order chi connectivity index (χ1) is 7.29. The van der Waals surface area contributed by atoms with Crippen molar-refractivity contribution in [2.45, 2.75) is 13.2 Å². The maximum absolute atomic E-state index is 12.0. The fourth-order valence-corrected chi connectivity index (χ4v) is 1.65. The van der Waals surface area contributed by atoms with E-state index < -0.39 is 0 Å². The van der Waals surface area contributed by atoms with Crippen molar-refractivity contribution in [1.29, 1.82) is 0 Å². The fourth-order valence-electron chi connectivity index (χ4n) is 1.65. The normalized spacial score (nSPS) is 19.0. The van der Waals surface area contributed by atoms with Crippen LogP contribution in [-0.2, 0) is 9.47 Å². The third kappa shape index (κ3) is 2.25. The minimum Gasteiger partial charge on any atom is -0.349 e. The fraction of sp³-hybridized carbons (Fsp3) is 0.417. The van der Waals surface area contributed by atoms with Crippen molar-refractivity contribution in [3.63, 3.8) is 0 Å². The third-order valence-electron chi connectivity index (χ3n) is 2.53. The van der Waals surface area contributed by atoms with E-state index in [1.165, 1.54) is 0 Å². The number of ether oxygens (including phenoxy) is 2. The topological polar surface area (TPSA) is 35.5 Å². The molecule has 1 saturated heterocycles. The zero-order valence-corrected chi connectivity index (χ0v) is 8.68. The second kappa shape index (κ2) is 4.55. The SMILES string of the molecule is C[C@@H](C(=O)c1ccccc1)C1OCCO1. The predicted octanol–water partition coefficient (Wildman–Crippen LogP) is 1.88. The molecular weight excluding hydrogens is 192 g/mol. The summed E-state index contributed by atoms with van der Waals surface area (Å²) < 4.78 is 10.6. The summed E-state index contributed by atoms with van der Waals surface area (Å²) in [6.45, 7) is 3.00. The molecule has 0 saturated carbocycles. The van der Waals surface area contributed by atoms with E-state index in [1.54, 1.807) is 0 Å². The molecule has 0 unspecified atom stereocenters. The summed E-state index contributed by atoms with van der Waals surface area (Å²) in [6.07, 6.45) is -0.377. The average molecular weight is 206 g/mol. The van der Waals surface area contributed by atoms with Crippen LogP contribution in [0, 0.1) is 5.92 Å². The molecule has 0 bridgehead atoms. The number of benzene rings is 1. The Morgan fingerprint density at radius 1 is 1.27 bits per heavy atom. The second-order valence-corrected chi connectivity index (χ2v) is 3.63. The van der Waals surface area contributed by atoms with Crippen LogP contribution in [0.4, 0.5) is 0 Å². The molecule has 0 spiro atoms. The van der Waals surface area contributed by atoms with Gasteiger partial charge in [0, 0.05) is 5.56 Å². The molecule has 3 heteroatoms. The molecule has 3 nitrogen and oxygen atoms in total. The average Bonchev–Trinajstić information content (AvgIpc) is 2.82. The smallest absolute Gasteiger partial charge is 0.170 e. The van der Waals surface area contributed by atoms with Crippen molar-refractivity contribution in [2.24, 2.45) is 5.92 Å². The molecule has 15 heavy (non-hydrogen) atoms. The van der Waals surface area contributed by atoms with Crippen molar-refractivity contribution in [3.8, 4) is 0 Å². The molecule has 80 valence electrons. The van der Waals surface area contributed by atoms with Gasteiger partial charge in [-0.3, -0.25) is 4.79 Å². The Morgan fingerprint density at radius 3 is 2.47 bits per heavy atom. The molecule has 1 aliphatic heterocycles. The zero-order valence-electron chi connectivity index (χ0n) is 8.68. The van der Waals surface area contributed by atoms with Gasteiger partial charge in [-0.25, -0.2) is 0 Å². The first kappa shape index (κ1) is 10.3. The molecule has 1 aliphatic rings. The molecule has 1 aromatic rings. The first-order valence-corrected chi connectivity index (χ1v) is 5.11. The summed E-state index contributed by atoms with van der Waals surface area (Å²) in [5, 5.41) is 0. The lowest BCUT2D eigenvalue weighted by Gasteiger charge is -2.16. The van der Waals surface area contributed by atoms with Gasteiger partial charge in [0.2, 0.25) is 0 Å². The highest BCUT2D eigenvalue weighted by Gasteiger charge is 2.29. The highest BCUT2D eigenvalue weighted by atomic mass is 16.7. The van der Waals surface area contributed by atoms with Crippen molar-refractivity contribution in [2.75, 3.05) is 13.2 Å². The van der Waals surface area contributed by atoms with Crippen LogP contribution in [0.15, 0.2) is 30.3 Å². The highest BCUT2D eigenvalue weighted by Crippen LogP contribution is 2.18. The minimum atomic E-state index is -0.377. The molecule has 0 aromatic heterocycles. The molecule has 2 rings (SSSR count). The van der Waals surface area contributed by atoms with E-state index in [0.29, 0.717) is 18.8 Å². The van der Waals surface area contributed by atoms with Crippen LogP contribution in [0.5, 0.6) is 0 Å². The van der Waals surface area contributed by atoms with Crippen molar-refractivity contribution >= 4 is 5.78 Å². The zero-order chi connectivity index (χ0) is 10.7. The van der Waals surface area contributed by atoms with Gasteiger partial charge in [0.15, 0.2) is 12.1 Å². The van der Waals surface area contributed by atoms with Crippen LogP contribution < -0.4 is 0 Å². The molecular formula is C12H14O3. The molecule has 1 heterocycles. The molecule has 1 fully saturated rings. The predicted molar refractivity (Wildman–Crippen MR) is 55.6 cm³/mol. The summed E-state index contributed by atoms with van der Waals surface area (Å²) in [6, 6.07) is 9.23. The van der Waals surface area contributed by atoms with E-state index in [-0.39, 0.29) is 18.0 Å². The van der Waals surface area contributed by atoms with Crippen molar-refractivity contribution in [1.82, 2.24) is 0 Å². The third-order valence-corrected chi connectivity index (χ3v) is 2.53. The summed E-state index contributed by atoms with van der Waals surface area (Å²) in [5.74, 6) is -0.169. The van der Waals surface area contributed by atoms with Crippen LogP contribution in [0.3, 0.4) is 0 Å². The minimum absolute atomic E-state index is 0.0718. The molecule has 1 atom stereocenters.